The van der Waals surface area contributed by atoms with E-state index in [0.717, 1.165) is 11.1 Å². The normalized spacial score (nSPS) is 14.0. The molecule has 1 heterocycles. The van der Waals surface area contributed by atoms with Crippen molar-refractivity contribution < 1.29 is 22.3 Å². The second kappa shape index (κ2) is 9.41. The molecule has 1 amide bonds. The number of carbonyl (C=O) groups is 1. The average Bonchev–Trinajstić information content (AvgIpc) is 3.23. The van der Waals surface area contributed by atoms with E-state index in [1.807, 2.05) is 12.1 Å². The fourth-order valence-corrected chi connectivity index (χ4v) is 5.53. The van der Waals surface area contributed by atoms with Crippen molar-refractivity contribution in [2.24, 2.45) is 0 Å². The Balaban J connectivity index is 1.41. The van der Waals surface area contributed by atoms with Crippen LogP contribution in [0.2, 0.25) is 5.02 Å². The third kappa shape index (κ3) is 4.96. The Morgan fingerprint density at radius 2 is 1.88 bits per heavy atom. The number of sulfonamides is 1. The number of fused-ring (bicyclic) bond motifs is 1. The van der Waals surface area contributed by atoms with Crippen LogP contribution in [0.4, 0.5) is 10.1 Å². The summed E-state index contributed by atoms with van der Waals surface area (Å²) < 4.78 is 46.2. The summed E-state index contributed by atoms with van der Waals surface area (Å²) >= 11 is 6.27. The molecule has 0 saturated carbocycles. The number of nitrogens with zero attached hydrogens (tertiary/aromatic N) is 1. The molecule has 0 unspecified atom stereocenters. The summed E-state index contributed by atoms with van der Waals surface area (Å²) in [5.41, 5.74) is 2.40. The van der Waals surface area contributed by atoms with Crippen LogP contribution < -0.4 is 14.4 Å². The Labute approximate surface area is 197 Å². The predicted molar refractivity (Wildman–Crippen MR) is 125 cm³/mol. The summed E-state index contributed by atoms with van der Waals surface area (Å²) in [5.74, 6) is -0.551. The molecule has 6 nitrogen and oxygen atoms in total. The van der Waals surface area contributed by atoms with Crippen LogP contribution in [0.5, 0.6) is 5.75 Å². The summed E-state index contributed by atoms with van der Waals surface area (Å²) in [6.45, 7) is 1.83. The van der Waals surface area contributed by atoms with E-state index < -0.39 is 15.9 Å². The first kappa shape index (κ1) is 23.1. The van der Waals surface area contributed by atoms with Crippen LogP contribution in [0.3, 0.4) is 0 Å². The molecule has 33 heavy (non-hydrogen) atoms. The van der Waals surface area contributed by atoms with E-state index >= 15 is 0 Å². The lowest BCUT2D eigenvalue weighted by atomic mass is 10.1. The minimum absolute atomic E-state index is 0.0472. The number of rotatable bonds is 7. The van der Waals surface area contributed by atoms with E-state index in [9.17, 15) is 17.6 Å². The number of benzene rings is 3. The quantitative estimate of drug-likeness (QED) is 0.532. The maximum absolute atomic E-state index is 13.1. The van der Waals surface area contributed by atoms with Crippen LogP contribution in [0.25, 0.3) is 0 Å². The number of hydrogen-bond acceptors (Lipinski definition) is 4. The minimum atomic E-state index is -3.78. The van der Waals surface area contributed by atoms with Gasteiger partial charge in [0, 0.05) is 6.54 Å². The van der Waals surface area contributed by atoms with Gasteiger partial charge in [-0.3, -0.25) is 9.10 Å². The zero-order valence-electron chi connectivity index (χ0n) is 17.8. The molecule has 9 heteroatoms. The van der Waals surface area contributed by atoms with Gasteiger partial charge in [-0.15, -0.1) is 0 Å². The van der Waals surface area contributed by atoms with Crippen molar-refractivity contribution in [2.45, 2.75) is 24.3 Å². The summed E-state index contributed by atoms with van der Waals surface area (Å²) in [4.78, 5) is 12.3. The highest BCUT2D eigenvalue weighted by molar-refractivity contribution is 7.92. The highest BCUT2D eigenvalue weighted by Gasteiger charge is 2.31. The van der Waals surface area contributed by atoms with Gasteiger partial charge in [0.25, 0.3) is 15.9 Å². The van der Waals surface area contributed by atoms with Gasteiger partial charge in [-0.25, -0.2) is 12.8 Å². The van der Waals surface area contributed by atoms with Crippen LogP contribution in [0.1, 0.15) is 24.1 Å². The summed E-state index contributed by atoms with van der Waals surface area (Å²) in [6, 6.07) is 17.1. The average molecular weight is 489 g/mol. The first-order valence-corrected chi connectivity index (χ1v) is 12.2. The van der Waals surface area contributed by atoms with Crippen LogP contribution >= 0.6 is 11.6 Å². The van der Waals surface area contributed by atoms with Crippen molar-refractivity contribution in [3.8, 4) is 5.75 Å². The minimum Gasteiger partial charge on any atom is -0.482 e. The van der Waals surface area contributed by atoms with E-state index in [4.69, 9.17) is 16.3 Å². The number of ether oxygens (including phenoxy) is 1. The molecule has 3 aromatic rings. The van der Waals surface area contributed by atoms with Crippen LogP contribution in [0.15, 0.2) is 71.6 Å². The highest BCUT2D eigenvalue weighted by atomic mass is 35.5. The van der Waals surface area contributed by atoms with Gasteiger partial charge in [-0.05, 0) is 60.9 Å². The zero-order chi connectivity index (χ0) is 23.6. The Bertz CT molecular complexity index is 1280. The Morgan fingerprint density at radius 3 is 2.61 bits per heavy atom. The topological polar surface area (TPSA) is 75.7 Å². The smallest absolute Gasteiger partial charge is 0.264 e. The van der Waals surface area contributed by atoms with E-state index in [1.54, 1.807) is 31.2 Å². The number of amides is 1. The van der Waals surface area contributed by atoms with E-state index in [0.29, 0.717) is 18.7 Å². The standard InChI is InChI=1S/C24H22ClFN2O4S/c1-16(17-6-8-19(26)9-7-17)27-24(29)15-32-23-11-10-20(14-21(23)25)33(30,31)28-13-12-18-4-2-3-5-22(18)28/h2-11,14,16H,12-13,15H2,1H3,(H,27,29)/t16-/m0/s1. The number of halogens is 2. The highest BCUT2D eigenvalue weighted by Crippen LogP contribution is 2.35. The molecule has 3 aromatic carbocycles. The maximum Gasteiger partial charge on any atom is 0.264 e. The molecule has 1 aliphatic rings. The van der Waals surface area contributed by atoms with E-state index in [-0.39, 0.29) is 34.1 Å². The largest absolute Gasteiger partial charge is 0.482 e. The fourth-order valence-electron chi connectivity index (χ4n) is 3.71. The third-order valence-corrected chi connectivity index (χ3v) is 7.55. The molecule has 0 aromatic heterocycles. The molecule has 1 atom stereocenters. The number of para-hydroxylation sites is 1. The molecule has 0 fully saturated rings. The second-order valence-corrected chi connectivity index (χ2v) is 9.95. The third-order valence-electron chi connectivity index (χ3n) is 5.44. The van der Waals surface area contributed by atoms with Crippen molar-refractivity contribution in [2.75, 3.05) is 17.5 Å². The number of hydrogen-bond donors (Lipinski definition) is 1. The number of nitrogens with one attached hydrogen (secondary N) is 1. The van der Waals surface area contributed by atoms with Crippen LogP contribution in [-0.4, -0.2) is 27.5 Å². The summed E-state index contributed by atoms with van der Waals surface area (Å²) in [5, 5.41) is 2.84. The SMILES string of the molecule is C[C@H](NC(=O)COc1ccc(S(=O)(=O)N2CCc3ccccc32)cc1Cl)c1ccc(F)cc1. The molecule has 0 spiro atoms. The van der Waals surface area contributed by atoms with Crippen LogP contribution in [0, 0.1) is 5.82 Å². The van der Waals surface area contributed by atoms with Gasteiger partial charge in [0.2, 0.25) is 0 Å². The molecule has 172 valence electrons. The first-order chi connectivity index (χ1) is 15.8. The maximum atomic E-state index is 13.1. The lowest BCUT2D eigenvalue weighted by Gasteiger charge is -2.20. The molecule has 0 radical (unpaired) electrons. The fraction of sp³-hybridized carbons (Fsp3) is 0.208. The summed E-state index contributed by atoms with van der Waals surface area (Å²) in [6.07, 6.45) is 0.649. The Morgan fingerprint density at radius 1 is 1.15 bits per heavy atom. The number of carbonyl (C=O) groups excluding carboxylic acids is 1. The monoisotopic (exact) mass is 488 g/mol. The Kier molecular flexibility index (Phi) is 6.58. The van der Waals surface area contributed by atoms with Gasteiger partial charge >= 0.3 is 0 Å². The lowest BCUT2D eigenvalue weighted by Crippen LogP contribution is -2.31. The van der Waals surface area contributed by atoms with Crippen LogP contribution in [-0.2, 0) is 21.2 Å². The molecule has 1 N–H and O–H groups in total. The van der Waals surface area contributed by atoms with Crippen molar-refractivity contribution >= 4 is 33.2 Å². The van der Waals surface area contributed by atoms with Crippen molar-refractivity contribution in [1.82, 2.24) is 5.32 Å². The van der Waals surface area contributed by atoms with Crippen molar-refractivity contribution in [3.63, 3.8) is 0 Å². The molecular weight excluding hydrogens is 467 g/mol. The van der Waals surface area contributed by atoms with Crippen molar-refractivity contribution in [3.05, 3.63) is 88.7 Å². The van der Waals surface area contributed by atoms with Gasteiger partial charge in [-0.2, -0.15) is 0 Å². The van der Waals surface area contributed by atoms with Gasteiger partial charge in [0.15, 0.2) is 6.61 Å². The molecule has 1 aliphatic heterocycles. The van der Waals surface area contributed by atoms with Crippen molar-refractivity contribution in [1.29, 1.82) is 0 Å². The Hall–Kier alpha value is -3.10. The number of anilines is 1. The van der Waals surface area contributed by atoms with Gasteiger partial charge in [0.1, 0.15) is 11.6 Å². The molecular formula is C24H22ClFN2O4S. The molecule has 4 rings (SSSR count). The molecule has 0 aliphatic carbocycles. The van der Waals surface area contributed by atoms with Gasteiger partial charge < -0.3 is 10.1 Å². The molecule has 0 bridgehead atoms. The zero-order valence-corrected chi connectivity index (χ0v) is 19.4. The van der Waals surface area contributed by atoms with E-state index in [2.05, 4.69) is 5.32 Å². The van der Waals surface area contributed by atoms with Gasteiger partial charge in [0.05, 0.1) is 21.6 Å². The molecule has 0 saturated heterocycles. The van der Waals surface area contributed by atoms with E-state index in [1.165, 1.54) is 34.6 Å². The lowest BCUT2D eigenvalue weighted by molar-refractivity contribution is -0.123. The predicted octanol–water partition coefficient (Wildman–Crippen LogP) is 4.49. The van der Waals surface area contributed by atoms with Gasteiger partial charge in [-0.1, -0.05) is 41.9 Å². The summed E-state index contributed by atoms with van der Waals surface area (Å²) in [7, 11) is -3.78. The first-order valence-electron chi connectivity index (χ1n) is 10.3. The second-order valence-electron chi connectivity index (χ2n) is 7.68.